The molecular weight excluding hydrogens is 401 g/mol. The van der Waals surface area contributed by atoms with Crippen molar-refractivity contribution in [2.24, 2.45) is 0 Å². The van der Waals surface area contributed by atoms with Crippen LogP contribution in [0.15, 0.2) is 36.4 Å². The molecule has 31 heavy (non-hydrogen) atoms. The van der Waals surface area contributed by atoms with Crippen molar-refractivity contribution in [3.8, 4) is 5.75 Å². The number of nitrogens with one attached hydrogen (secondary N) is 1. The topological polar surface area (TPSA) is 30.5 Å². The van der Waals surface area contributed by atoms with Gasteiger partial charge in [-0.1, -0.05) is 86.5 Å². The van der Waals surface area contributed by atoms with Crippen molar-refractivity contribution >= 4 is 13.9 Å². The molecule has 0 aliphatic carbocycles. The molecule has 2 aromatic rings. The first-order valence-corrected chi connectivity index (χ1v) is 12.6. The van der Waals surface area contributed by atoms with Crippen LogP contribution in [0, 0.1) is 6.92 Å². The fourth-order valence-corrected chi connectivity index (χ4v) is 5.54. The normalized spacial score (nSPS) is 14.9. The second kappa shape index (κ2) is 12.0. The number of benzene rings is 2. The third kappa shape index (κ3) is 6.54. The van der Waals surface area contributed by atoms with Crippen LogP contribution in [-0.4, -0.2) is 19.9 Å². The zero-order chi connectivity index (χ0) is 23.0. The van der Waals surface area contributed by atoms with Gasteiger partial charge in [0.15, 0.2) is 6.79 Å². The first kappa shape index (κ1) is 25.8. The molecule has 4 heteroatoms. The van der Waals surface area contributed by atoms with Crippen LogP contribution < -0.4 is 15.4 Å². The van der Waals surface area contributed by atoms with E-state index < -0.39 is 0 Å². The predicted molar refractivity (Wildman–Crippen MR) is 136 cm³/mol. The van der Waals surface area contributed by atoms with Crippen molar-refractivity contribution in [2.45, 2.75) is 85.0 Å². The highest BCUT2D eigenvalue weighted by Gasteiger charge is 2.31. The van der Waals surface area contributed by atoms with Gasteiger partial charge in [-0.3, -0.25) is 0 Å². The van der Waals surface area contributed by atoms with Crippen molar-refractivity contribution in [2.75, 3.05) is 13.9 Å². The average Bonchev–Trinajstić information content (AvgIpc) is 2.77. The fraction of sp³-hybridized carbons (Fsp3) is 0.556. The van der Waals surface area contributed by atoms with E-state index in [1.54, 1.807) is 7.11 Å². The standard InChI is InChI=1S/C27H42NO2P/c1-9-20(5)23-15-12-16-24(25(23)30-18-29-8)27(7,10-2)31-26-21(6)13-11-14-22(26)17-28-19(3)4/h11-16,19-20,28,31H,9-10,17-18H2,1-8H3. The number of aryl methyl sites for hydroxylation is 1. The van der Waals surface area contributed by atoms with Gasteiger partial charge in [0.2, 0.25) is 0 Å². The van der Waals surface area contributed by atoms with E-state index in [1.807, 2.05) is 0 Å². The van der Waals surface area contributed by atoms with Crippen molar-refractivity contribution in [1.82, 2.24) is 5.32 Å². The zero-order valence-electron chi connectivity index (χ0n) is 20.8. The number of para-hydroxylation sites is 1. The molecule has 1 N–H and O–H groups in total. The smallest absolute Gasteiger partial charge is 0.188 e. The summed E-state index contributed by atoms with van der Waals surface area (Å²) in [5.41, 5.74) is 5.37. The van der Waals surface area contributed by atoms with Gasteiger partial charge in [0.25, 0.3) is 0 Å². The third-order valence-electron chi connectivity index (χ3n) is 6.27. The van der Waals surface area contributed by atoms with E-state index >= 15 is 0 Å². The maximum absolute atomic E-state index is 6.24. The van der Waals surface area contributed by atoms with E-state index in [2.05, 4.69) is 90.2 Å². The second-order valence-electron chi connectivity index (χ2n) is 9.04. The molecule has 3 atom stereocenters. The molecule has 0 radical (unpaired) electrons. The van der Waals surface area contributed by atoms with E-state index in [4.69, 9.17) is 9.47 Å². The Hall–Kier alpha value is -1.41. The van der Waals surface area contributed by atoms with Crippen molar-refractivity contribution < 1.29 is 9.47 Å². The Balaban J connectivity index is 2.54. The molecule has 0 saturated heterocycles. The zero-order valence-corrected chi connectivity index (χ0v) is 21.8. The Morgan fingerprint density at radius 1 is 1.06 bits per heavy atom. The van der Waals surface area contributed by atoms with Crippen molar-refractivity contribution in [3.63, 3.8) is 0 Å². The summed E-state index contributed by atoms with van der Waals surface area (Å²) < 4.78 is 11.5. The van der Waals surface area contributed by atoms with E-state index in [9.17, 15) is 0 Å². The largest absolute Gasteiger partial charge is 0.467 e. The van der Waals surface area contributed by atoms with Gasteiger partial charge in [-0.15, -0.1) is 0 Å². The highest BCUT2D eigenvalue weighted by Crippen LogP contribution is 2.50. The minimum atomic E-state index is -0.00869. The van der Waals surface area contributed by atoms with Gasteiger partial charge in [0.05, 0.1) is 0 Å². The van der Waals surface area contributed by atoms with Crippen LogP contribution in [0.1, 0.15) is 82.6 Å². The van der Waals surface area contributed by atoms with E-state index in [0.717, 1.165) is 25.1 Å². The molecule has 0 spiro atoms. The van der Waals surface area contributed by atoms with Crippen molar-refractivity contribution in [1.29, 1.82) is 0 Å². The Labute approximate surface area is 192 Å². The summed E-state index contributed by atoms with van der Waals surface area (Å²) >= 11 is 0. The lowest BCUT2D eigenvalue weighted by molar-refractivity contribution is 0.0491. The first-order chi connectivity index (χ1) is 14.8. The minimum absolute atomic E-state index is 0.00869. The molecular formula is C27H42NO2P. The molecule has 3 unspecified atom stereocenters. The van der Waals surface area contributed by atoms with Crippen LogP contribution in [0.5, 0.6) is 5.75 Å². The maximum Gasteiger partial charge on any atom is 0.188 e. The molecule has 0 aromatic heterocycles. The number of hydrogen-bond donors (Lipinski definition) is 1. The van der Waals surface area contributed by atoms with Gasteiger partial charge < -0.3 is 14.8 Å². The van der Waals surface area contributed by atoms with Gasteiger partial charge in [-0.2, -0.15) is 0 Å². The lowest BCUT2D eigenvalue weighted by Gasteiger charge is -2.34. The molecule has 2 rings (SSSR count). The molecule has 172 valence electrons. The molecule has 0 bridgehead atoms. The van der Waals surface area contributed by atoms with Crippen LogP contribution in [0.2, 0.25) is 0 Å². The number of hydrogen-bond acceptors (Lipinski definition) is 3. The van der Waals surface area contributed by atoms with Gasteiger partial charge in [-0.25, -0.2) is 0 Å². The van der Waals surface area contributed by atoms with Crippen LogP contribution in [0.3, 0.4) is 0 Å². The number of ether oxygens (including phenoxy) is 2. The second-order valence-corrected chi connectivity index (χ2v) is 10.9. The molecule has 0 aliphatic rings. The SMILES string of the molecule is CCC(C)c1cccc(C(C)(CC)Pc2c(C)cccc2CNC(C)C)c1OCOC. The average molecular weight is 444 g/mol. The number of methoxy groups -OCH3 is 1. The Kier molecular flexibility index (Phi) is 10.0. The molecule has 0 saturated carbocycles. The Morgan fingerprint density at radius 3 is 2.39 bits per heavy atom. The molecule has 3 nitrogen and oxygen atoms in total. The van der Waals surface area contributed by atoms with Crippen LogP contribution in [0.25, 0.3) is 0 Å². The summed E-state index contributed by atoms with van der Waals surface area (Å²) in [5, 5.41) is 5.08. The predicted octanol–water partition coefficient (Wildman–Crippen LogP) is 6.62. The van der Waals surface area contributed by atoms with Crippen LogP contribution in [0.4, 0.5) is 0 Å². The highest BCUT2D eigenvalue weighted by molar-refractivity contribution is 7.48. The molecule has 0 amide bonds. The summed E-state index contributed by atoms with van der Waals surface area (Å²) in [6.45, 7) is 17.0. The van der Waals surface area contributed by atoms with Gasteiger partial charge in [0.1, 0.15) is 5.75 Å². The molecule has 0 fully saturated rings. The van der Waals surface area contributed by atoms with E-state index in [-0.39, 0.29) is 11.9 Å². The summed E-state index contributed by atoms with van der Waals surface area (Å²) in [7, 11) is 2.35. The van der Waals surface area contributed by atoms with Gasteiger partial charge >= 0.3 is 0 Å². The van der Waals surface area contributed by atoms with Gasteiger partial charge in [-0.05, 0) is 47.7 Å². The lowest BCUT2D eigenvalue weighted by atomic mass is 9.89. The molecule has 2 aromatic carbocycles. The van der Waals surface area contributed by atoms with E-state index in [0.29, 0.717) is 20.5 Å². The number of rotatable bonds is 12. The summed E-state index contributed by atoms with van der Waals surface area (Å²) in [5.74, 6) is 1.46. The fourth-order valence-electron chi connectivity index (χ4n) is 3.87. The molecule has 0 heterocycles. The maximum atomic E-state index is 6.24. The Morgan fingerprint density at radius 2 is 1.77 bits per heavy atom. The minimum Gasteiger partial charge on any atom is -0.467 e. The van der Waals surface area contributed by atoms with Crippen LogP contribution in [-0.2, 0) is 16.4 Å². The van der Waals surface area contributed by atoms with Crippen LogP contribution >= 0.6 is 8.58 Å². The highest BCUT2D eigenvalue weighted by atomic mass is 31.1. The first-order valence-electron chi connectivity index (χ1n) is 11.6. The lowest BCUT2D eigenvalue weighted by Crippen LogP contribution is -2.27. The summed E-state index contributed by atoms with van der Waals surface area (Å²) in [6, 6.07) is 13.9. The molecule has 0 aliphatic heterocycles. The Bertz CT molecular complexity index is 836. The summed E-state index contributed by atoms with van der Waals surface area (Å²) in [4.78, 5) is 0. The quantitative estimate of drug-likeness (QED) is 0.295. The van der Waals surface area contributed by atoms with Gasteiger partial charge in [0, 0.05) is 30.4 Å². The van der Waals surface area contributed by atoms with Crippen molar-refractivity contribution in [3.05, 3.63) is 58.7 Å². The summed E-state index contributed by atoms with van der Waals surface area (Å²) in [6.07, 6.45) is 2.13. The van der Waals surface area contributed by atoms with E-state index in [1.165, 1.54) is 27.6 Å². The third-order valence-corrected chi connectivity index (χ3v) is 8.41. The monoisotopic (exact) mass is 443 g/mol.